The van der Waals surface area contributed by atoms with E-state index in [4.69, 9.17) is 21.1 Å². The highest BCUT2D eigenvalue weighted by Gasteiger charge is 2.22. The van der Waals surface area contributed by atoms with Gasteiger partial charge in [-0.25, -0.2) is 4.68 Å². The van der Waals surface area contributed by atoms with Crippen LogP contribution in [0.1, 0.15) is 16.1 Å². The van der Waals surface area contributed by atoms with Crippen molar-refractivity contribution in [2.24, 2.45) is 0 Å². The number of carbonyl (C=O) groups is 1. The fraction of sp³-hybridized carbons (Fsp3) is 0.0909. The zero-order valence-corrected chi connectivity index (χ0v) is 16.9. The van der Waals surface area contributed by atoms with Gasteiger partial charge in [0.05, 0.1) is 5.69 Å². The number of nitrogens with one attached hydrogen (secondary N) is 1. The standard InChI is InChI=1S/C22H16ClN5O3/c23-16-4-6-17(7-5-16)28-21(15-2-1-9-24-12-15)20(26-27-28)22(29)25-11-14-3-8-18-19(10-14)31-13-30-18/h1-10,12H,11,13H2,(H,25,29). The first-order valence-corrected chi connectivity index (χ1v) is 9.85. The quantitative estimate of drug-likeness (QED) is 0.516. The monoisotopic (exact) mass is 433 g/mol. The van der Waals surface area contributed by atoms with E-state index in [1.165, 1.54) is 0 Å². The molecule has 154 valence electrons. The lowest BCUT2D eigenvalue weighted by molar-refractivity contribution is 0.0946. The smallest absolute Gasteiger partial charge is 0.274 e. The molecule has 0 unspecified atom stereocenters. The molecule has 5 rings (SSSR count). The number of fused-ring (bicyclic) bond motifs is 1. The molecule has 2 aromatic heterocycles. The van der Waals surface area contributed by atoms with Crippen molar-refractivity contribution >= 4 is 17.5 Å². The average Bonchev–Trinajstić information content (AvgIpc) is 3.45. The second-order valence-electron chi connectivity index (χ2n) is 6.79. The summed E-state index contributed by atoms with van der Waals surface area (Å²) in [6, 6.07) is 16.3. The predicted molar refractivity (Wildman–Crippen MR) is 113 cm³/mol. The van der Waals surface area contributed by atoms with Crippen LogP contribution in [0.4, 0.5) is 0 Å². The Balaban J connectivity index is 1.45. The van der Waals surface area contributed by atoms with Gasteiger partial charge in [0.2, 0.25) is 6.79 Å². The summed E-state index contributed by atoms with van der Waals surface area (Å²) < 4.78 is 12.3. The average molecular weight is 434 g/mol. The minimum absolute atomic E-state index is 0.198. The summed E-state index contributed by atoms with van der Waals surface area (Å²) in [7, 11) is 0. The number of amides is 1. The highest BCUT2D eigenvalue weighted by molar-refractivity contribution is 6.30. The molecule has 0 atom stereocenters. The third-order valence-corrected chi connectivity index (χ3v) is 5.03. The van der Waals surface area contributed by atoms with E-state index in [2.05, 4.69) is 20.6 Å². The van der Waals surface area contributed by atoms with E-state index in [0.717, 1.165) is 16.8 Å². The highest BCUT2D eigenvalue weighted by atomic mass is 35.5. The van der Waals surface area contributed by atoms with Crippen LogP contribution in [-0.4, -0.2) is 32.7 Å². The van der Waals surface area contributed by atoms with Crippen LogP contribution in [0.15, 0.2) is 67.0 Å². The molecule has 1 aliphatic rings. The molecular formula is C22H16ClN5O3. The van der Waals surface area contributed by atoms with Crippen LogP contribution in [0, 0.1) is 0 Å². The van der Waals surface area contributed by atoms with Gasteiger partial charge in [-0.2, -0.15) is 0 Å². The van der Waals surface area contributed by atoms with Crippen molar-refractivity contribution in [3.05, 3.63) is 83.3 Å². The molecule has 1 amide bonds. The molecule has 0 spiro atoms. The number of pyridine rings is 1. The van der Waals surface area contributed by atoms with Gasteiger partial charge in [-0.05, 0) is 54.1 Å². The van der Waals surface area contributed by atoms with Gasteiger partial charge in [-0.15, -0.1) is 5.10 Å². The molecule has 31 heavy (non-hydrogen) atoms. The second kappa shape index (κ2) is 8.08. The molecule has 2 aromatic carbocycles. The van der Waals surface area contributed by atoms with Gasteiger partial charge in [0.1, 0.15) is 5.69 Å². The van der Waals surface area contributed by atoms with E-state index in [1.807, 2.05) is 36.4 Å². The van der Waals surface area contributed by atoms with Crippen molar-refractivity contribution < 1.29 is 14.3 Å². The number of hydrogen-bond acceptors (Lipinski definition) is 6. The summed E-state index contributed by atoms with van der Waals surface area (Å²) in [5.41, 5.74) is 3.06. The molecule has 4 aromatic rings. The molecule has 1 aliphatic heterocycles. The molecule has 1 N–H and O–H groups in total. The van der Waals surface area contributed by atoms with Crippen LogP contribution in [0.5, 0.6) is 11.5 Å². The summed E-state index contributed by atoms with van der Waals surface area (Å²) >= 11 is 6.01. The van der Waals surface area contributed by atoms with Gasteiger partial charge in [0.25, 0.3) is 5.91 Å². The van der Waals surface area contributed by atoms with Crippen LogP contribution in [0.25, 0.3) is 16.9 Å². The summed E-state index contributed by atoms with van der Waals surface area (Å²) in [5.74, 6) is 1.01. The Morgan fingerprint density at radius 1 is 1.10 bits per heavy atom. The van der Waals surface area contributed by atoms with Crippen molar-refractivity contribution in [2.45, 2.75) is 6.54 Å². The molecule has 0 fully saturated rings. The van der Waals surface area contributed by atoms with Crippen molar-refractivity contribution in [1.29, 1.82) is 0 Å². The first kappa shape index (κ1) is 19.1. The Hall–Kier alpha value is -3.91. The molecule has 0 radical (unpaired) electrons. The van der Waals surface area contributed by atoms with Crippen molar-refractivity contribution in [3.8, 4) is 28.4 Å². The van der Waals surface area contributed by atoms with E-state index in [-0.39, 0.29) is 18.4 Å². The normalized spacial score (nSPS) is 12.0. The molecule has 8 nitrogen and oxygen atoms in total. The lowest BCUT2D eigenvalue weighted by atomic mass is 10.1. The fourth-order valence-corrected chi connectivity index (χ4v) is 3.40. The maximum atomic E-state index is 13.0. The molecule has 9 heteroatoms. The topological polar surface area (TPSA) is 91.2 Å². The Morgan fingerprint density at radius 3 is 2.74 bits per heavy atom. The van der Waals surface area contributed by atoms with Gasteiger partial charge < -0.3 is 14.8 Å². The maximum absolute atomic E-state index is 13.0. The van der Waals surface area contributed by atoms with E-state index >= 15 is 0 Å². The van der Waals surface area contributed by atoms with Gasteiger partial charge in [-0.3, -0.25) is 9.78 Å². The number of halogens is 1. The zero-order chi connectivity index (χ0) is 21.2. The SMILES string of the molecule is O=C(NCc1ccc2c(c1)OCO2)c1nnn(-c2ccc(Cl)cc2)c1-c1cccnc1. The van der Waals surface area contributed by atoms with Crippen LogP contribution in [0.3, 0.4) is 0 Å². The van der Waals surface area contributed by atoms with Crippen LogP contribution >= 0.6 is 11.6 Å². The van der Waals surface area contributed by atoms with Crippen LogP contribution in [0.2, 0.25) is 5.02 Å². The van der Waals surface area contributed by atoms with Gasteiger partial charge in [0, 0.05) is 29.5 Å². The second-order valence-corrected chi connectivity index (χ2v) is 7.22. The van der Waals surface area contributed by atoms with E-state index in [1.54, 1.807) is 35.3 Å². The lowest BCUT2D eigenvalue weighted by Crippen LogP contribution is -2.24. The lowest BCUT2D eigenvalue weighted by Gasteiger charge is -2.09. The molecule has 0 bridgehead atoms. The number of aromatic nitrogens is 4. The highest BCUT2D eigenvalue weighted by Crippen LogP contribution is 2.32. The summed E-state index contributed by atoms with van der Waals surface area (Å²) in [6.45, 7) is 0.503. The number of carbonyl (C=O) groups excluding carboxylic acids is 1. The summed E-state index contributed by atoms with van der Waals surface area (Å²) in [5, 5.41) is 11.9. The van der Waals surface area contributed by atoms with Crippen molar-refractivity contribution in [3.63, 3.8) is 0 Å². The summed E-state index contributed by atoms with van der Waals surface area (Å²) in [6.07, 6.45) is 3.33. The number of ether oxygens (including phenoxy) is 2. The van der Waals surface area contributed by atoms with E-state index in [0.29, 0.717) is 28.8 Å². The van der Waals surface area contributed by atoms with E-state index in [9.17, 15) is 4.79 Å². The van der Waals surface area contributed by atoms with Crippen molar-refractivity contribution in [1.82, 2.24) is 25.3 Å². The zero-order valence-electron chi connectivity index (χ0n) is 16.2. The molecule has 0 saturated heterocycles. The van der Waals surface area contributed by atoms with Gasteiger partial charge >= 0.3 is 0 Å². The van der Waals surface area contributed by atoms with Crippen LogP contribution < -0.4 is 14.8 Å². The number of hydrogen-bond donors (Lipinski definition) is 1. The van der Waals surface area contributed by atoms with Gasteiger partial charge in [-0.1, -0.05) is 22.9 Å². The molecule has 3 heterocycles. The molecular weight excluding hydrogens is 418 g/mol. The Labute approximate surface area is 182 Å². The molecule has 0 saturated carbocycles. The van der Waals surface area contributed by atoms with Crippen LogP contribution in [-0.2, 0) is 6.54 Å². The van der Waals surface area contributed by atoms with Gasteiger partial charge in [0.15, 0.2) is 17.2 Å². The number of rotatable bonds is 5. The number of nitrogens with zero attached hydrogens (tertiary/aromatic N) is 4. The maximum Gasteiger partial charge on any atom is 0.274 e. The minimum Gasteiger partial charge on any atom is -0.454 e. The van der Waals surface area contributed by atoms with Crippen molar-refractivity contribution in [2.75, 3.05) is 6.79 Å². The minimum atomic E-state index is -0.350. The first-order chi connectivity index (χ1) is 15.2. The predicted octanol–water partition coefficient (Wildman–Crippen LogP) is 3.64. The number of benzene rings is 2. The Morgan fingerprint density at radius 2 is 1.94 bits per heavy atom. The largest absolute Gasteiger partial charge is 0.454 e. The Kier molecular flexibility index (Phi) is 4.97. The third-order valence-electron chi connectivity index (χ3n) is 4.78. The summed E-state index contributed by atoms with van der Waals surface area (Å²) in [4.78, 5) is 17.2. The van der Waals surface area contributed by atoms with E-state index < -0.39 is 0 Å². The molecule has 0 aliphatic carbocycles. The third kappa shape index (κ3) is 3.80. The Bertz CT molecular complexity index is 1240. The fourth-order valence-electron chi connectivity index (χ4n) is 3.28. The first-order valence-electron chi connectivity index (χ1n) is 9.48.